The van der Waals surface area contributed by atoms with Crippen LogP contribution in [0.4, 0.5) is 0 Å². The molecular weight excluding hydrogens is 162 g/mol. The summed E-state index contributed by atoms with van der Waals surface area (Å²) in [4.78, 5) is 14.0. The van der Waals surface area contributed by atoms with E-state index in [9.17, 15) is 4.79 Å². The highest BCUT2D eigenvalue weighted by molar-refractivity contribution is 5.89. The highest BCUT2D eigenvalue weighted by Gasteiger charge is 2.34. The molecule has 0 aliphatic rings. The van der Waals surface area contributed by atoms with E-state index in [1.54, 1.807) is 0 Å². The number of likely N-dealkylation sites (N-methyl/N-ethyl adjacent to an activating group) is 1. The van der Waals surface area contributed by atoms with E-state index in [1.807, 2.05) is 34.7 Å². The Morgan fingerprint density at radius 2 is 1.54 bits per heavy atom. The molecule has 0 heterocycles. The van der Waals surface area contributed by atoms with Gasteiger partial charge < -0.3 is 0 Å². The molecule has 0 rings (SSSR count). The number of carbonyl (C=O) groups is 1. The Balaban J connectivity index is 4.65. The van der Waals surface area contributed by atoms with Gasteiger partial charge in [0.15, 0.2) is 5.78 Å². The van der Waals surface area contributed by atoms with Gasteiger partial charge in [-0.3, -0.25) is 9.69 Å². The monoisotopic (exact) mass is 185 g/mol. The number of carbonyl (C=O) groups excluding carboxylic acids is 1. The quantitative estimate of drug-likeness (QED) is 0.670. The fourth-order valence-corrected chi connectivity index (χ4v) is 1.53. The maximum Gasteiger partial charge on any atom is 0.155 e. The molecular formula is C11H23NO. The van der Waals surface area contributed by atoms with Crippen LogP contribution in [0.2, 0.25) is 0 Å². The SMILES string of the molecule is CC(C)C(=O)C(C)(C)N(C)C(C)C. The molecule has 0 amide bonds. The van der Waals surface area contributed by atoms with Gasteiger partial charge in [-0.2, -0.15) is 0 Å². The zero-order valence-electron chi connectivity index (χ0n) is 10.0. The van der Waals surface area contributed by atoms with Crippen molar-refractivity contribution >= 4 is 5.78 Å². The van der Waals surface area contributed by atoms with Gasteiger partial charge in [0.05, 0.1) is 5.54 Å². The average molecular weight is 185 g/mol. The first-order chi connectivity index (χ1) is 5.71. The van der Waals surface area contributed by atoms with Crippen LogP contribution < -0.4 is 0 Å². The van der Waals surface area contributed by atoms with Gasteiger partial charge in [-0.15, -0.1) is 0 Å². The lowest BCUT2D eigenvalue weighted by Gasteiger charge is -2.38. The van der Waals surface area contributed by atoms with E-state index < -0.39 is 0 Å². The Bertz CT molecular complexity index is 183. The van der Waals surface area contributed by atoms with Gasteiger partial charge in [-0.05, 0) is 34.7 Å². The van der Waals surface area contributed by atoms with Crippen LogP contribution in [-0.4, -0.2) is 29.3 Å². The van der Waals surface area contributed by atoms with E-state index in [2.05, 4.69) is 18.7 Å². The number of hydrogen-bond donors (Lipinski definition) is 0. The number of ketones is 1. The highest BCUT2D eigenvalue weighted by atomic mass is 16.1. The van der Waals surface area contributed by atoms with Crippen LogP contribution in [0.25, 0.3) is 0 Å². The topological polar surface area (TPSA) is 20.3 Å². The molecule has 78 valence electrons. The minimum Gasteiger partial charge on any atom is -0.297 e. The highest BCUT2D eigenvalue weighted by Crippen LogP contribution is 2.20. The number of rotatable bonds is 4. The fourth-order valence-electron chi connectivity index (χ4n) is 1.53. The van der Waals surface area contributed by atoms with Gasteiger partial charge in [-0.1, -0.05) is 13.8 Å². The molecule has 0 aromatic rings. The first kappa shape index (κ1) is 12.6. The molecule has 0 saturated heterocycles. The molecule has 0 bridgehead atoms. The maximum absolute atomic E-state index is 11.9. The van der Waals surface area contributed by atoms with Crippen molar-refractivity contribution in [2.75, 3.05) is 7.05 Å². The van der Waals surface area contributed by atoms with Crippen molar-refractivity contribution < 1.29 is 4.79 Å². The molecule has 0 fully saturated rings. The molecule has 0 N–H and O–H groups in total. The van der Waals surface area contributed by atoms with E-state index in [0.717, 1.165) is 0 Å². The van der Waals surface area contributed by atoms with Crippen molar-refractivity contribution in [2.45, 2.75) is 53.1 Å². The standard InChI is InChI=1S/C11H23NO/c1-8(2)10(13)11(5,6)12(7)9(3)4/h8-9H,1-7H3. The summed E-state index contributed by atoms with van der Waals surface area (Å²) in [6.45, 7) is 12.1. The molecule has 13 heavy (non-hydrogen) atoms. The second-order valence-electron chi connectivity index (χ2n) is 4.78. The van der Waals surface area contributed by atoms with Crippen molar-refractivity contribution in [1.82, 2.24) is 4.90 Å². The Labute approximate surface area is 82.3 Å². The summed E-state index contributed by atoms with van der Waals surface area (Å²) in [5.41, 5.74) is -0.345. The minimum atomic E-state index is -0.345. The predicted octanol–water partition coefficient (Wildman–Crippen LogP) is 2.33. The largest absolute Gasteiger partial charge is 0.297 e. The molecule has 0 aromatic heterocycles. The van der Waals surface area contributed by atoms with E-state index in [4.69, 9.17) is 0 Å². The average Bonchev–Trinajstić information content (AvgIpc) is 2.01. The lowest BCUT2D eigenvalue weighted by molar-refractivity contribution is -0.132. The molecule has 0 radical (unpaired) electrons. The first-order valence-electron chi connectivity index (χ1n) is 4.98. The third-order valence-electron chi connectivity index (χ3n) is 2.78. The zero-order valence-corrected chi connectivity index (χ0v) is 10.0. The Morgan fingerprint density at radius 3 is 1.77 bits per heavy atom. The maximum atomic E-state index is 11.9. The number of hydrogen-bond acceptors (Lipinski definition) is 2. The lowest BCUT2D eigenvalue weighted by atomic mass is 9.89. The summed E-state index contributed by atoms with van der Waals surface area (Å²) >= 11 is 0. The van der Waals surface area contributed by atoms with Crippen LogP contribution in [0.3, 0.4) is 0 Å². The lowest BCUT2D eigenvalue weighted by Crippen LogP contribution is -2.52. The van der Waals surface area contributed by atoms with Gasteiger partial charge in [0.2, 0.25) is 0 Å². The first-order valence-corrected chi connectivity index (χ1v) is 4.98. The van der Waals surface area contributed by atoms with Gasteiger partial charge in [0, 0.05) is 12.0 Å². The van der Waals surface area contributed by atoms with Crippen LogP contribution >= 0.6 is 0 Å². The van der Waals surface area contributed by atoms with E-state index in [0.29, 0.717) is 11.8 Å². The van der Waals surface area contributed by atoms with Crippen LogP contribution in [0.5, 0.6) is 0 Å². The second-order valence-corrected chi connectivity index (χ2v) is 4.78. The van der Waals surface area contributed by atoms with Crippen molar-refractivity contribution in [3.8, 4) is 0 Å². The fraction of sp³-hybridized carbons (Fsp3) is 0.909. The Hall–Kier alpha value is -0.370. The zero-order chi connectivity index (χ0) is 10.8. The van der Waals surface area contributed by atoms with E-state index >= 15 is 0 Å². The molecule has 2 heteroatoms. The number of nitrogens with zero attached hydrogens (tertiary/aromatic N) is 1. The van der Waals surface area contributed by atoms with Gasteiger partial charge >= 0.3 is 0 Å². The smallest absolute Gasteiger partial charge is 0.155 e. The van der Waals surface area contributed by atoms with Crippen LogP contribution in [0.15, 0.2) is 0 Å². The molecule has 0 spiro atoms. The van der Waals surface area contributed by atoms with Crippen molar-refractivity contribution in [2.24, 2.45) is 5.92 Å². The Kier molecular flexibility index (Phi) is 4.11. The van der Waals surface area contributed by atoms with Crippen molar-refractivity contribution in [3.05, 3.63) is 0 Å². The number of Topliss-reactive ketones (excluding diaryl/α,β-unsaturated/α-hetero) is 1. The van der Waals surface area contributed by atoms with Crippen molar-refractivity contribution in [1.29, 1.82) is 0 Å². The summed E-state index contributed by atoms with van der Waals surface area (Å²) in [5.74, 6) is 0.417. The summed E-state index contributed by atoms with van der Waals surface area (Å²) < 4.78 is 0. The van der Waals surface area contributed by atoms with E-state index in [-0.39, 0.29) is 11.5 Å². The van der Waals surface area contributed by atoms with Crippen LogP contribution in [0, 0.1) is 5.92 Å². The molecule has 0 atom stereocenters. The predicted molar refractivity (Wildman–Crippen MR) is 56.8 cm³/mol. The van der Waals surface area contributed by atoms with E-state index in [1.165, 1.54) is 0 Å². The second kappa shape index (κ2) is 4.23. The summed E-state index contributed by atoms with van der Waals surface area (Å²) in [7, 11) is 2.00. The minimum absolute atomic E-state index is 0.108. The normalized spacial score (nSPS) is 13.1. The third kappa shape index (κ3) is 2.80. The molecule has 0 aliphatic heterocycles. The van der Waals surface area contributed by atoms with Crippen molar-refractivity contribution in [3.63, 3.8) is 0 Å². The Morgan fingerprint density at radius 1 is 1.15 bits per heavy atom. The van der Waals surface area contributed by atoms with Crippen LogP contribution in [0.1, 0.15) is 41.5 Å². The molecule has 0 unspecified atom stereocenters. The van der Waals surface area contributed by atoms with Crippen LogP contribution in [-0.2, 0) is 4.79 Å². The molecule has 0 aliphatic carbocycles. The van der Waals surface area contributed by atoms with Gasteiger partial charge in [-0.25, -0.2) is 0 Å². The molecule has 0 aromatic carbocycles. The summed E-state index contributed by atoms with van der Waals surface area (Å²) in [6.07, 6.45) is 0. The van der Waals surface area contributed by atoms with Gasteiger partial charge in [0.25, 0.3) is 0 Å². The van der Waals surface area contributed by atoms with Gasteiger partial charge in [0.1, 0.15) is 0 Å². The molecule has 0 saturated carbocycles. The third-order valence-corrected chi connectivity index (χ3v) is 2.78. The summed E-state index contributed by atoms with van der Waals surface area (Å²) in [5, 5.41) is 0. The molecule has 2 nitrogen and oxygen atoms in total. The summed E-state index contributed by atoms with van der Waals surface area (Å²) in [6, 6.07) is 0.401.